The van der Waals surface area contributed by atoms with Gasteiger partial charge >= 0.3 is 0 Å². The summed E-state index contributed by atoms with van der Waals surface area (Å²) >= 11 is 10.1. The molecule has 212 valence electrons. The van der Waals surface area contributed by atoms with Crippen LogP contribution < -0.4 is 10.1 Å². The van der Waals surface area contributed by atoms with E-state index in [1.165, 1.54) is 0 Å². The molecule has 1 fully saturated rings. The normalized spacial score (nSPS) is 14.5. The lowest BCUT2D eigenvalue weighted by atomic mass is 9.87. The lowest BCUT2D eigenvalue weighted by molar-refractivity contribution is -0.143. The summed E-state index contributed by atoms with van der Waals surface area (Å²) in [6, 6.07) is 22.6. The van der Waals surface area contributed by atoms with Gasteiger partial charge in [0.2, 0.25) is 5.91 Å². The highest BCUT2D eigenvalue weighted by Gasteiger charge is 2.33. The Bertz CT molecular complexity index is 1300. The Morgan fingerprint density at radius 3 is 2.35 bits per heavy atom. The third-order valence-electron chi connectivity index (χ3n) is 7.42. The highest BCUT2D eigenvalue weighted by Crippen LogP contribution is 2.32. The number of rotatable bonds is 10. The van der Waals surface area contributed by atoms with Crippen LogP contribution in [0.3, 0.4) is 0 Å². The molecule has 5 nitrogen and oxygen atoms in total. The minimum Gasteiger partial charge on any atom is -0.483 e. The van der Waals surface area contributed by atoms with Crippen LogP contribution in [-0.4, -0.2) is 35.4 Å². The van der Waals surface area contributed by atoms with Gasteiger partial charge in [0.15, 0.2) is 6.61 Å². The second-order valence-electron chi connectivity index (χ2n) is 11.5. The molecule has 0 bridgehead atoms. The van der Waals surface area contributed by atoms with Gasteiger partial charge < -0.3 is 15.0 Å². The monoisotopic (exact) mass is 624 g/mol. The maximum atomic E-state index is 13.9. The first-order valence-corrected chi connectivity index (χ1v) is 15.1. The largest absolute Gasteiger partial charge is 0.483 e. The fraction of sp³-hybridized carbons (Fsp3) is 0.394. The number of carbonyl (C=O) groups is 2. The Morgan fingerprint density at radius 2 is 1.70 bits per heavy atom. The van der Waals surface area contributed by atoms with Crippen LogP contribution >= 0.6 is 27.5 Å². The number of halogens is 2. The molecule has 40 heavy (non-hydrogen) atoms. The molecule has 7 heteroatoms. The number of nitrogens with one attached hydrogen (secondary N) is 1. The summed E-state index contributed by atoms with van der Waals surface area (Å²) in [6.45, 7) is 6.43. The van der Waals surface area contributed by atoms with E-state index in [0.29, 0.717) is 17.2 Å². The minimum absolute atomic E-state index is 0.0139. The van der Waals surface area contributed by atoms with Gasteiger partial charge in [0.25, 0.3) is 5.91 Å². The van der Waals surface area contributed by atoms with Crippen molar-refractivity contribution in [2.24, 2.45) is 0 Å². The third kappa shape index (κ3) is 8.11. The molecular weight excluding hydrogens is 588 g/mol. The van der Waals surface area contributed by atoms with E-state index in [1.54, 1.807) is 11.0 Å². The molecule has 4 rings (SSSR count). The van der Waals surface area contributed by atoms with E-state index in [-0.39, 0.29) is 36.4 Å². The molecule has 0 aliphatic heterocycles. The lowest BCUT2D eigenvalue weighted by Gasteiger charge is -2.32. The quantitative estimate of drug-likeness (QED) is 0.254. The first-order chi connectivity index (χ1) is 19.1. The highest BCUT2D eigenvalue weighted by atomic mass is 79.9. The standard InChI is InChI=1S/C33H38BrClN2O3/c1-33(2,3)25-17-18-30(27(34)20-25)40-22-31(38)37(21-24-13-7-10-16-28(24)35)29(19-23-11-5-4-6-12-23)32(39)36-26-14-8-9-15-26/h4-7,10-13,16-18,20,26,29H,8-9,14-15,19,21-22H2,1-3H3,(H,36,39)/t29-/m0/s1. The van der Waals surface area contributed by atoms with E-state index >= 15 is 0 Å². The van der Waals surface area contributed by atoms with Crippen molar-refractivity contribution in [2.75, 3.05) is 6.61 Å². The molecule has 1 aliphatic rings. The van der Waals surface area contributed by atoms with Gasteiger partial charge in [-0.3, -0.25) is 9.59 Å². The zero-order valence-electron chi connectivity index (χ0n) is 23.5. The van der Waals surface area contributed by atoms with E-state index in [0.717, 1.165) is 46.8 Å². The molecule has 0 radical (unpaired) electrons. The van der Waals surface area contributed by atoms with Crippen molar-refractivity contribution in [2.45, 2.75) is 76.9 Å². The second-order valence-corrected chi connectivity index (χ2v) is 12.8. The molecular formula is C33H38BrClN2O3. The first kappa shape index (κ1) is 30.1. The number of hydrogen-bond donors (Lipinski definition) is 1. The van der Waals surface area contributed by atoms with Gasteiger partial charge in [-0.25, -0.2) is 0 Å². The van der Waals surface area contributed by atoms with Crippen molar-refractivity contribution in [3.8, 4) is 5.75 Å². The van der Waals surface area contributed by atoms with Gasteiger partial charge in [-0.05, 0) is 69.1 Å². The number of amides is 2. The number of ether oxygens (including phenoxy) is 1. The first-order valence-electron chi connectivity index (χ1n) is 13.9. The van der Waals surface area contributed by atoms with E-state index in [2.05, 4.69) is 42.0 Å². The summed E-state index contributed by atoms with van der Waals surface area (Å²) in [5, 5.41) is 3.78. The predicted molar refractivity (Wildman–Crippen MR) is 165 cm³/mol. The van der Waals surface area contributed by atoms with Crippen LogP contribution in [0.25, 0.3) is 0 Å². The molecule has 1 saturated carbocycles. The maximum absolute atomic E-state index is 13.9. The average molecular weight is 626 g/mol. The van der Waals surface area contributed by atoms with Crippen molar-refractivity contribution in [1.82, 2.24) is 10.2 Å². The molecule has 0 heterocycles. The van der Waals surface area contributed by atoms with Crippen molar-refractivity contribution < 1.29 is 14.3 Å². The maximum Gasteiger partial charge on any atom is 0.261 e. The minimum atomic E-state index is -0.720. The Hall–Kier alpha value is -2.83. The molecule has 0 aromatic heterocycles. The Morgan fingerprint density at radius 1 is 1.02 bits per heavy atom. The van der Waals surface area contributed by atoms with Crippen molar-refractivity contribution in [3.63, 3.8) is 0 Å². The molecule has 0 spiro atoms. The van der Waals surface area contributed by atoms with Gasteiger partial charge in [0.1, 0.15) is 11.8 Å². The van der Waals surface area contributed by atoms with Crippen LogP contribution in [0.2, 0.25) is 5.02 Å². The van der Waals surface area contributed by atoms with Crippen LogP contribution in [0.4, 0.5) is 0 Å². The summed E-state index contributed by atoms with van der Waals surface area (Å²) in [7, 11) is 0. The number of hydrogen-bond acceptors (Lipinski definition) is 3. The summed E-state index contributed by atoms with van der Waals surface area (Å²) in [6.07, 6.45) is 4.52. The Labute approximate surface area is 251 Å². The smallest absolute Gasteiger partial charge is 0.261 e. The summed E-state index contributed by atoms with van der Waals surface area (Å²) in [5.41, 5.74) is 2.90. The van der Waals surface area contributed by atoms with E-state index < -0.39 is 6.04 Å². The molecule has 0 saturated heterocycles. The van der Waals surface area contributed by atoms with E-state index in [1.807, 2.05) is 66.7 Å². The second kappa shape index (κ2) is 13.7. The molecule has 3 aromatic rings. The highest BCUT2D eigenvalue weighted by molar-refractivity contribution is 9.10. The molecule has 0 unspecified atom stereocenters. The summed E-state index contributed by atoms with van der Waals surface area (Å²) < 4.78 is 6.81. The molecule has 1 N–H and O–H groups in total. The lowest BCUT2D eigenvalue weighted by Crippen LogP contribution is -2.53. The van der Waals surface area contributed by atoms with Crippen LogP contribution in [0.15, 0.2) is 77.3 Å². The van der Waals surface area contributed by atoms with Gasteiger partial charge in [0, 0.05) is 24.0 Å². The predicted octanol–water partition coefficient (Wildman–Crippen LogP) is 7.48. The number of nitrogens with zero attached hydrogens (tertiary/aromatic N) is 1. The zero-order valence-corrected chi connectivity index (χ0v) is 25.8. The van der Waals surface area contributed by atoms with Crippen molar-refractivity contribution in [1.29, 1.82) is 0 Å². The van der Waals surface area contributed by atoms with Gasteiger partial charge in [-0.15, -0.1) is 0 Å². The van der Waals surface area contributed by atoms with E-state index in [9.17, 15) is 9.59 Å². The van der Waals surface area contributed by atoms with Crippen LogP contribution in [0.5, 0.6) is 5.75 Å². The van der Waals surface area contributed by atoms with Crippen LogP contribution in [-0.2, 0) is 28.0 Å². The van der Waals surface area contributed by atoms with Crippen LogP contribution in [0, 0.1) is 0 Å². The molecule has 2 amide bonds. The topological polar surface area (TPSA) is 58.6 Å². The number of carbonyl (C=O) groups excluding carboxylic acids is 2. The average Bonchev–Trinajstić information content (AvgIpc) is 3.43. The molecule has 1 atom stereocenters. The fourth-order valence-electron chi connectivity index (χ4n) is 5.04. The Kier molecular flexibility index (Phi) is 10.3. The molecule has 3 aromatic carbocycles. The van der Waals surface area contributed by atoms with E-state index in [4.69, 9.17) is 16.3 Å². The van der Waals surface area contributed by atoms with Crippen LogP contribution in [0.1, 0.15) is 63.1 Å². The zero-order chi connectivity index (χ0) is 28.7. The summed E-state index contributed by atoms with van der Waals surface area (Å²) in [4.78, 5) is 29.3. The van der Waals surface area contributed by atoms with Gasteiger partial charge in [-0.1, -0.05) is 99.8 Å². The van der Waals surface area contributed by atoms with Crippen molar-refractivity contribution >= 4 is 39.3 Å². The van der Waals surface area contributed by atoms with Gasteiger partial charge in [0.05, 0.1) is 4.47 Å². The van der Waals surface area contributed by atoms with Gasteiger partial charge in [-0.2, -0.15) is 0 Å². The summed E-state index contributed by atoms with van der Waals surface area (Å²) in [5.74, 6) is 0.148. The SMILES string of the molecule is CC(C)(C)c1ccc(OCC(=O)N(Cc2ccccc2Cl)[C@@H](Cc2ccccc2)C(=O)NC2CCCC2)c(Br)c1. The number of benzene rings is 3. The Balaban J connectivity index is 1.62. The fourth-order valence-corrected chi connectivity index (χ4v) is 5.73. The van der Waals surface area contributed by atoms with Crippen molar-refractivity contribution in [3.05, 3.63) is 99.0 Å². The molecule has 1 aliphatic carbocycles. The third-order valence-corrected chi connectivity index (χ3v) is 8.41.